The minimum absolute atomic E-state index is 0.854. The summed E-state index contributed by atoms with van der Waals surface area (Å²) >= 11 is 3.45. The van der Waals surface area contributed by atoms with Gasteiger partial charge in [-0.05, 0) is 18.2 Å². The lowest BCUT2D eigenvalue weighted by atomic mass is 10.0. The maximum atomic E-state index is 5.23. The van der Waals surface area contributed by atoms with E-state index in [-0.39, 0.29) is 0 Å². The Labute approximate surface area is 129 Å². The SMILES string of the molecule is Brc1ccc(-c2nocc2-c2c[nH]c3ccccc23)cc1. The minimum atomic E-state index is 0.854. The standard InChI is InChI=1S/C17H11BrN2O/c18-12-7-5-11(6-8-12)17-15(10-21-20-17)14-9-19-16-4-2-1-3-13(14)16/h1-10,19H. The molecule has 0 atom stereocenters. The quantitative estimate of drug-likeness (QED) is 0.542. The molecule has 4 aromatic rings. The fraction of sp³-hybridized carbons (Fsp3) is 0. The minimum Gasteiger partial charge on any atom is -0.363 e. The van der Waals surface area contributed by atoms with Gasteiger partial charge in [-0.15, -0.1) is 0 Å². The van der Waals surface area contributed by atoms with Gasteiger partial charge in [0.25, 0.3) is 0 Å². The first-order chi connectivity index (χ1) is 10.3. The van der Waals surface area contributed by atoms with Crippen molar-refractivity contribution in [2.45, 2.75) is 0 Å². The molecule has 0 aliphatic carbocycles. The average Bonchev–Trinajstić information content (AvgIpc) is 3.14. The summed E-state index contributed by atoms with van der Waals surface area (Å²) < 4.78 is 6.27. The Balaban J connectivity index is 1.91. The van der Waals surface area contributed by atoms with Crippen LogP contribution in [0, 0.1) is 0 Å². The van der Waals surface area contributed by atoms with Crippen molar-refractivity contribution >= 4 is 26.8 Å². The number of benzene rings is 2. The van der Waals surface area contributed by atoms with Crippen molar-refractivity contribution in [3.63, 3.8) is 0 Å². The van der Waals surface area contributed by atoms with Crippen LogP contribution in [0.5, 0.6) is 0 Å². The van der Waals surface area contributed by atoms with E-state index >= 15 is 0 Å². The first-order valence-corrected chi connectivity index (χ1v) is 7.39. The maximum absolute atomic E-state index is 5.23. The number of hydrogen-bond acceptors (Lipinski definition) is 2. The molecule has 2 heterocycles. The van der Waals surface area contributed by atoms with Crippen molar-refractivity contribution in [2.24, 2.45) is 0 Å². The molecule has 0 saturated carbocycles. The zero-order chi connectivity index (χ0) is 14.2. The van der Waals surface area contributed by atoms with Gasteiger partial charge in [0, 0.05) is 32.7 Å². The molecule has 21 heavy (non-hydrogen) atoms. The van der Waals surface area contributed by atoms with Gasteiger partial charge < -0.3 is 9.51 Å². The molecule has 0 unspecified atom stereocenters. The van der Waals surface area contributed by atoms with E-state index in [1.54, 1.807) is 6.26 Å². The average molecular weight is 339 g/mol. The number of fused-ring (bicyclic) bond motifs is 1. The highest BCUT2D eigenvalue weighted by molar-refractivity contribution is 9.10. The molecule has 0 aliphatic rings. The van der Waals surface area contributed by atoms with Crippen LogP contribution in [0.4, 0.5) is 0 Å². The second-order valence-corrected chi connectivity index (χ2v) is 5.75. The van der Waals surface area contributed by atoms with Crippen LogP contribution in [0.25, 0.3) is 33.3 Å². The lowest BCUT2D eigenvalue weighted by Crippen LogP contribution is -1.81. The molecule has 0 saturated heterocycles. The predicted molar refractivity (Wildman–Crippen MR) is 86.9 cm³/mol. The molecule has 0 bridgehead atoms. The number of aromatic amines is 1. The number of hydrogen-bond donors (Lipinski definition) is 1. The summed E-state index contributed by atoms with van der Waals surface area (Å²) in [4.78, 5) is 3.29. The molecule has 2 aromatic heterocycles. The maximum Gasteiger partial charge on any atom is 0.132 e. The third-order valence-corrected chi connectivity index (χ3v) is 4.10. The van der Waals surface area contributed by atoms with Gasteiger partial charge in [0.15, 0.2) is 0 Å². The Morgan fingerprint density at radius 1 is 0.952 bits per heavy atom. The van der Waals surface area contributed by atoms with Crippen molar-refractivity contribution in [2.75, 3.05) is 0 Å². The van der Waals surface area contributed by atoms with E-state index in [2.05, 4.69) is 38.2 Å². The summed E-state index contributed by atoms with van der Waals surface area (Å²) in [6, 6.07) is 16.3. The van der Waals surface area contributed by atoms with E-state index in [0.29, 0.717) is 0 Å². The van der Waals surface area contributed by atoms with Gasteiger partial charge in [0.05, 0.1) is 5.56 Å². The summed E-state index contributed by atoms with van der Waals surface area (Å²) in [5.41, 5.74) is 5.09. The molecule has 4 heteroatoms. The fourth-order valence-corrected chi connectivity index (χ4v) is 2.80. The van der Waals surface area contributed by atoms with Crippen LogP contribution in [-0.4, -0.2) is 10.1 Å². The van der Waals surface area contributed by atoms with Crippen LogP contribution in [0.15, 0.2) is 70.0 Å². The second kappa shape index (κ2) is 4.90. The summed E-state index contributed by atoms with van der Waals surface area (Å²) in [5.74, 6) is 0. The number of para-hydroxylation sites is 1. The molecule has 0 fully saturated rings. The number of aromatic nitrogens is 2. The van der Waals surface area contributed by atoms with Gasteiger partial charge >= 0.3 is 0 Å². The third-order valence-electron chi connectivity index (χ3n) is 3.57. The third kappa shape index (κ3) is 2.08. The van der Waals surface area contributed by atoms with Gasteiger partial charge in [0.1, 0.15) is 12.0 Å². The monoisotopic (exact) mass is 338 g/mol. The first-order valence-electron chi connectivity index (χ1n) is 6.60. The Hall–Kier alpha value is -2.33. The van der Waals surface area contributed by atoms with Crippen LogP contribution in [-0.2, 0) is 0 Å². The number of rotatable bonds is 2. The fourth-order valence-electron chi connectivity index (χ4n) is 2.54. The molecule has 4 rings (SSSR count). The zero-order valence-corrected chi connectivity index (χ0v) is 12.6. The lowest BCUT2D eigenvalue weighted by molar-refractivity contribution is 0.422. The van der Waals surface area contributed by atoms with E-state index < -0.39 is 0 Å². The summed E-state index contributed by atoms with van der Waals surface area (Å²) in [6.07, 6.45) is 3.70. The normalized spacial score (nSPS) is 11.1. The molecule has 0 aliphatic heterocycles. The van der Waals surface area contributed by atoms with Crippen molar-refractivity contribution in [3.8, 4) is 22.4 Å². The molecular formula is C17H11BrN2O. The van der Waals surface area contributed by atoms with Crippen molar-refractivity contribution in [3.05, 3.63) is 65.5 Å². The second-order valence-electron chi connectivity index (χ2n) is 4.83. The largest absolute Gasteiger partial charge is 0.363 e. The first kappa shape index (κ1) is 12.4. The molecule has 1 N–H and O–H groups in total. The molecule has 0 radical (unpaired) electrons. The number of nitrogens with one attached hydrogen (secondary N) is 1. The van der Waals surface area contributed by atoms with Crippen LogP contribution in [0.1, 0.15) is 0 Å². The molecule has 0 spiro atoms. The Bertz CT molecular complexity index is 906. The van der Waals surface area contributed by atoms with Crippen molar-refractivity contribution < 1.29 is 4.52 Å². The molecule has 2 aromatic carbocycles. The van der Waals surface area contributed by atoms with Crippen molar-refractivity contribution in [1.82, 2.24) is 10.1 Å². The highest BCUT2D eigenvalue weighted by Crippen LogP contribution is 2.35. The van der Waals surface area contributed by atoms with E-state index in [1.165, 1.54) is 5.39 Å². The predicted octanol–water partition coefficient (Wildman–Crippen LogP) is 5.25. The van der Waals surface area contributed by atoms with Gasteiger partial charge in [0.2, 0.25) is 0 Å². The Morgan fingerprint density at radius 3 is 2.62 bits per heavy atom. The number of halogens is 1. The zero-order valence-electron chi connectivity index (χ0n) is 11.0. The van der Waals surface area contributed by atoms with Crippen LogP contribution >= 0.6 is 15.9 Å². The van der Waals surface area contributed by atoms with Crippen LogP contribution in [0.3, 0.4) is 0 Å². The molecule has 3 nitrogen and oxygen atoms in total. The van der Waals surface area contributed by atoms with Crippen LogP contribution < -0.4 is 0 Å². The smallest absolute Gasteiger partial charge is 0.132 e. The number of nitrogens with zero attached hydrogens (tertiary/aromatic N) is 1. The van der Waals surface area contributed by atoms with Gasteiger partial charge in [-0.25, -0.2) is 0 Å². The lowest BCUT2D eigenvalue weighted by Gasteiger charge is -2.01. The van der Waals surface area contributed by atoms with Gasteiger partial charge in [-0.2, -0.15) is 0 Å². The topological polar surface area (TPSA) is 41.8 Å². The van der Waals surface area contributed by atoms with E-state index in [9.17, 15) is 0 Å². The summed E-state index contributed by atoms with van der Waals surface area (Å²) in [7, 11) is 0. The highest BCUT2D eigenvalue weighted by Gasteiger charge is 2.15. The van der Waals surface area contributed by atoms with Gasteiger partial charge in [-0.3, -0.25) is 0 Å². The van der Waals surface area contributed by atoms with E-state index in [4.69, 9.17) is 4.52 Å². The van der Waals surface area contributed by atoms with Gasteiger partial charge in [-0.1, -0.05) is 51.4 Å². The summed E-state index contributed by atoms with van der Waals surface area (Å²) in [5, 5.41) is 5.34. The van der Waals surface area contributed by atoms with E-state index in [1.807, 2.05) is 42.6 Å². The molecular weight excluding hydrogens is 328 g/mol. The van der Waals surface area contributed by atoms with Crippen LogP contribution in [0.2, 0.25) is 0 Å². The number of H-pyrrole nitrogens is 1. The highest BCUT2D eigenvalue weighted by atomic mass is 79.9. The van der Waals surface area contributed by atoms with E-state index in [0.717, 1.165) is 32.4 Å². The van der Waals surface area contributed by atoms with Crippen molar-refractivity contribution in [1.29, 1.82) is 0 Å². The molecule has 102 valence electrons. The summed E-state index contributed by atoms with van der Waals surface area (Å²) in [6.45, 7) is 0. The molecule has 0 amide bonds. The Kier molecular flexibility index (Phi) is 2.89. The Morgan fingerprint density at radius 2 is 1.76 bits per heavy atom.